The van der Waals surface area contributed by atoms with Crippen LogP contribution < -0.4 is 4.90 Å². The van der Waals surface area contributed by atoms with Crippen LogP contribution in [0.3, 0.4) is 0 Å². The molecular formula is C31H24Cl2N4O2. The lowest BCUT2D eigenvalue weighted by Gasteiger charge is -2.47. The first-order valence-corrected chi connectivity index (χ1v) is 13.3. The molecule has 0 saturated carbocycles. The summed E-state index contributed by atoms with van der Waals surface area (Å²) in [6.45, 7) is 2.01. The Hall–Kier alpha value is -4.13. The summed E-state index contributed by atoms with van der Waals surface area (Å²) in [5, 5.41) is 6.47. The van der Waals surface area contributed by atoms with E-state index in [1.807, 2.05) is 108 Å². The van der Waals surface area contributed by atoms with E-state index in [1.165, 1.54) is 0 Å². The summed E-state index contributed by atoms with van der Waals surface area (Å²) in [5.41, 5.74) is 6.33. The van der Waals surface area contributed by atoms with Gasteiger partial charge in [-0.05, 0) is 54.4 Å². The van der Waals surface area contributed by atoms with Gasteiger partial charge >= 0.3 is 5.97 Å². The van der Waals surface area contributed by atoms with E-state index in [2.05, 4.69) is 0 Å². The number of carbonyl (C=O) groups excluding carboxylic acids is 1. The maximum absolute atomic E-state index is 13.8. The second-order valence-electron chi connectivity index (χ2n) is 9.19. The number of fused-ring (bicyclic) bond motifs is 1. The van der Waals surface area contributed by atoms with Crippen molar-refractivity contribution in [2.75, 3.05) is 11.5 Å². The third-order valence-electron chi connectivity index (χ3n) is 7.01. The largest absolute Gasteiger partial charge is 0.463 e. The zero-order valence-electron chi connectivity index (χ0n) is 21.0. The molecule has 2 aliphatic rings. The molecule has 0 spiro atoms. The Kier molecular flexibility index (Phi) is 6.37. The molecule has 0 bridgehead atoms. The number of halogens is 2. The lowest BCUT2D eigenvalue weighted by atomic mass is 9.72. The molecule has 4 aromatic rings. The van der Waals surface area contributed by atoms with Crippen LogP contribution in [0.4, 0.5) is 11.4 Å². The molecule has 0 radical (unpaired) electrons. The molecule has 39 heavy (non-hydrogen) atoms. The molecule has 0 fully saturated rings. The van der Waals surface area contributed by atoms with Crippen LogP contribution >= 0.6 is 23.2 Å². The second kappa shape index (κ2) is 9.88. The fourth-order valence-electron chi connectivity index (χ4n) is 5.36. The Morgan fingerprint density at radius 2 is 1.41 bits per heavy atom. The fourth-order valence-corrected chi connectivity index (χ4v) is 5.61. The highest BCUT2D eigenvalue weighted by Crippen LogP contribution is 2.64. The summed E-state index contributed by atoms with van der Waals surface area (Å²) in [6, 6.07) is 34.4. The molecule has 4 aromatic carbocycles. The molecule has 8 heteroatoms. The standard InChI is InChI=1S/C31H24Cl2N4O2/c1-2-39-29(38)28-21-36(26-17-13-24(32)14-18-26)31(23-11-7-4-8-12-23)30(28,22-9-5-3-6-10-22)34-37(35-31)27-19-15-25(33)16-20-27/h3-21H,2H2,1H3/t30-,31+/m0/s1. The number of benzene rings is 4. The van der Waals surface area contributed by atoms with Gasteiger partial charge in [-0.1, -0.05) is 83.9 Å². The van der Waals surface area contributed by atoms with Gasteiger partial charge in [0.05, 0.1) is 12.2 Å². The van der Waals surface area contributed by atoms with Gasteiger partial charge in [-0.3, -0.25) is 0 Å². The molecule has 0 N–H and O–H groups in total. The predicted molar refractivity (Wildman–Crippen MR) is 152 cm³/mol. The maximum Gasteiger partial charge on any atom is 0.336 e. The van der Waals surface area contributed by atoms with Crippen molar-refractivity contribution in [2.45, 2.75) is 18.1 Å². The van der Waals surface area contributed by atoms with Crippen LogP contribution in [0.15, 0.2) is 126 Å². The van der Waals surface area contributed by atoms with Gasteiger partial charge < -0.3 is 9.64 Å². The van der Waals surface area contributed by atoms with Gasteiger partial charge in [0.15, 0.2) is 0 Å². The molecule has 0 aliphatic carbocycles. The van der Waals surface area contributed by atoms with Crippen LogP contribution in [0.2, 0.25) is 10.0 Å². The fraction of sp³-hybridized carbons (Fsp3) is 0.129. The Labute approximate surface area is 236 Å². The number of ether oxygens (including phenoxy) is 1. The first-order valence-electron chi connectivity index (χ1n) is 12.6. The summed E-state index contributed by atoms with van der Waals surface area (Å²) >= 11 is 12.5. The van der Waals surface area contributed by atoms with Crippen molar-refractivity contribution >= 4 is 40.5 Å². The van der Waals surface area contributed by atoms with E-state index < -0.39 is 17.2 Å². The van der Waals surface area contributed by atoms with Crippen LogP contribution in [0.1, 0.15) is 18.1 Å². The van der Waals surface area contributed by atoms with E-state index in [1.54, 1.807) is 23.9 Å². The maximum atomic E-state index is 13.8. The van der Waals surface area contributed by atoms with Gasteiger partial charge in [0.2, 0.25) is 5.69 Å². The van der Waals surface area contributed by atoms with E-state index in [0.29, 0.717) is 21.3 Å². The Balaban J connectivity index is 1.71. The Morgan fingerprint density at radius 3 is 2.00 bits per heavy atom. The lowest BCUT2D eigenvalue weighted by molar-refractivity contribution is -0.457. The number of rotatable bonds is 6. The minimum atomic E-state index is -1.29. The summed E-state index contributed by atoms with van der Waals surface area (Å²) in [4.78, 5) is 17.4. The molecule has 6 rings (SSSR count). The van der Waals surface area contributed by atoms with Crippen LogP contribution in [0.25, 0.3) is 5.43 Å². The zero-order chi connectivity index (χ0) is 27.0. The zero-order valence-corrected chi connectivity index (χ0v) is 22.5. The summed E-state index contributed by atoms with van der Waals surface area (Å²) in [6.07, 6.45) is 1.81. The number of hydrogen-bond donors (Lipinski definition) is 0. The first-order chi connectivity index (χ1) is 19.0. The van der Waals surface area contributed by atoms with Crippen molar-refractivity contribution in [3.8, 4) is 0 Å². The van der Waals surface area contributed by atoms with Crippen LogP contribution in [0.5, 0.6) is 0 Å². The third kappa shape index (κ3) is 3.90. The average Bonchev–Trinajstić information content (AvgIpc) is 3.47. The predicted octanol–water partition coefficient (Wildman–Crippen LogP) is 8.11. The van der Waals surface area contributed by atoms with Gasteiger partial charge in [-0.25, -0.2) is 4.79 Å². The molecule has 0 amide bonds. The van der Waals surface area contributed by atoms with E-state index in [9.17, 15) is 4.79 Å². The van der Waals surface area contributed by atoms with Crippen molar-refractivity contribution in [1.82, 2.24) is 0 Å². The SMILES string of the molecule is CCOC(=O)C1=CN(c2ccc(Cl)cc2)[C@@]2(c3ccccc3)[N-][N+](c3ccc(Cl)cc3)=N[C@@]12c1ccccc1. The lowest BCUT2D eigenvalue weighted by Crippen LogP contribution is -2.52. The minimum absolute atomic E-state index is 0.221. The number of esters is 1. The monoisotopic (exact) mass is 554 g/mol. The number of carbonyl (C=O) groups is 1. The number of azo groups is 1. The summed E-state index contributed by atoms with van der Waals surface area (Å²) in [7, 11) is 0. The van der Waals surface area contributed by atoms with Gasteiger partial charge in [-0.15, -0.1) is 4.81 Å². The first kappa shape index (κ1) is 25.2. The Bertz CT molecular complexity index is 1570. The van der Waals surface area contributed by atoms with Crippen molar-refractivity contribution in [2.24, 2.45) is 5.11 Å². The molecule has 0 unspecified atom stereocenters. The van der Waals surface area contributed by atoms with Crippen molar-refractivity contribution in [1.29, 1.82) is 0 Å². The number of nitrogens with zero attached hydrogens (tertiary/aromatic N) is 4. The van der Waals surface area contributed by atoms with Gasteiger partial charge in [0.25, 0.3) is 0 Å². The van der Waals surface area contributed by atoms with Gasteiger partial charge in [0.1, 0.15) is 11.2 Å². The van der Waals surface area contributed by atoms with E-state index in [-0.39, 0.29) is 6.61 Å². The van der Waals surface area contributed by atoms with Gasteiger partial charge in [0, 0.05) is 34.1 Å². The Morgan fingerprint density at radius 1 is 0.846 bits per heavy atom. The smallest absolute Gasteiger partial charge is 0.336 e. The van der Waals surface area contributed by atoms with Crippen molar-refractivity contribution in [3.05, 3.63) is 148 Å². The van der Waals surface area contributed by atoms with Gasteiger partial charge in [-0.2, -0.15) is 10.5 Å². The van der Waals surface area contributed by atoms with E-state index >= 15 is 0 Å². The molecular weight excluding hydrogens is 531 g/mol. The highest BCUT2D eigenvalue weighted by Gasteiger charge is 2.67. The molecule has 2 aliphatic heterocycles. The van der Waals surface area contributed by atoms with Crippen molar-refractivity contribution in [3.63, 3.8) is 0 Å². The highest BCUT2D eigenvalue weighted by atomic mass is 35.5. The average molecular weight is 555 g/mol. The van der Waals surface area contributed by atoms with Crippen LogP contribution in [0, 0.1) is 0 Å². The number of anilines is 1. The van der Waals surface area contributed by atoms with E-state index in [0.717, 1.165) is 16.8 Å². The molecule has 2 heterocycles. The van der Waals surface area contributed by atoms with Crippen LogP contribution in [-0.2, 0) is 20.7 Å². The molecule has 0 saturated heterocycles. The molecule has 2 atom stereocenters. The normalized spacial score (nSPS) is 21.6. The summed E-state index contributed by atoms with van der Waals surface area (Å²) < 4.78 is 5.63. The van der Waals surface area contributed by atoms with Crippen molar-refractivity contribution < 1.29 is 14.3 Å². The number of hydrogen-bond acceptors (Lipinski definition) is 4. The highest BCUT2D eigenvalue weighted by molar-refractivity contribution is 6.30. The quantitative estimate of drug-likeness (QED) is 0.178. The molecule has 6 nitrogen and oxygen atoms in total. The van der Waals surface area contributed by atoms with Crippen LogP contribution in [-0.4, -0.2) is 17.4 Å². The molecule has 0 aromatic heterocycles. The second-order valence-corrected chi connectivity index (χ2v) is 10.1. The molecule has 194 valence electrons. The van der Waals surface area contributed by atoms with E-state index in [4.69, 9.17) is 38.5 Å². The summed E-state index contributed by atoms with van der Waals surface area (Å²) in [5.74, 6) is -0.463. The topological polar surface area (TPSA) is 59.0 Å². The third-order valence-corrected chi connectivity index (χ3v) is 7.51. The minimum Gasteiger partial charge on any atom is -0.463 e.